The van der Waals surface area contributed by atoms with Crippen LogP contribution in [0.15, 0.2) is 59.7 Å². The molecule has 6 heteroatoms. The summed E-state index contributed by atoms with van der Waals surface area (Å²) in [4.78, 5) is 25.4. The van der Waals surface area contributed by atoms with Crippen molar-refractivity contribution < 1.29 is 9.59 Å². The largest absolute Gasteiger partial charge is 0.349 e. The standard InChI is InChI=1S/C17H14N4O2/c1-11-17(16(23)21(20-11)12-7-3-2-4-8-12)18-14-10-6-5-9-13(14)15(22)19-17/h2-10,18H,1H3,(H,19,22). The molecule has 1 spiro atoms. The topological polar surface area (TPSA) is 73.8 Å². The van der Waals surface area contributed by atoms with E-state index in [1.54, 1.807) is 37.3 Å². The van der Waals surface area contributed by atoms with E-state index < -0.39 is 5.66 Å². The van der Waals surface area contributed by atoms with Crippen molar-refractivity contribution in [3.05, 3.63) is 60.2 Å². The van der Waals surface area contributed by atoms with E-state index in [1.165, 1.54) is 5.01 Å². The maximum atomic E-state index is 13.0. The molecule has 1 atom stereocenters. The maximum absolute atomic E-state index is 13.0. The fraction of sp³-hybridized carbons (Fsp3) is 0.118. The number of nitrogens with one attached hydrogen (secondary N) is 2. The molecular weight excluding hydrogens is 292 g/mol. The van der Waals surface area contributed by atoms with Gasteiger partial charge >= 0.3 is 0 Å². The van der Waals surface area contributed by atoms with Crippen LogP contribution < -0.4 is 15.6 Å². The molecule has 0 aliphatic carbocycles. The lowest BCUT2D eigenvalue weighted by Crippen LogP contribution is -2.66. The predicted octanol–water partition coefficient (Wildman–Crippen LogP) is 1.96. The second-order valence-electron chi connectivity index (χ2n) is 5.51. The number of benzene rings is 2. The van der Waals surface area contributed by atoms with E-state index in [0.717, 1.165) is 0 Å². The molecule has 6 nitrogen and oxygen atoms in total. The normalized spacial score (nSPS) is 22.5. The Kier molecular flexibility index (Phi) is 2.74. The number of rotatable bonds is 1. The molecule has 2 aliphatic heterocycles. The Bertz CT molecular complexity index is 847. The highest BCUT2D eigenvalue weighted by Gasteiger charge is 2.53. The summed E-state index contributed by atoms with van der Waals surface area (Å²) < 4.78 is 0. The summed E-state index contributed by atoms with van der Waals surface area (Å²) in [6, 6.07) is 16.2. The first-order chi connectivity index (χ1) is 11.1. The zero-order valence-corrected chi connectivity index (χ0v) is 12.4. The average molecular weight is 306 g/mol. The Morgan fingerprint density at radius 1 is 0.957 bits per heavy atom. The van der Waals surface area contributed by atoms with Crippen molar-refractivity contribution >= 4 is 28.9 Å². The van der Waals surface area contributed by atoms with Gasteiger partial charge in [0.2, 0.25) is 5.66 Å². The highest BCUT2D eigenvalue weighted by molar-refractivity contribution is 6.27. The first-order valence-corrected chi connectivity index (χ1v) is 7.27. The first-order valence-electron chi connectivity index (χ1n) is 7.27. The molecule has 2 N–H and O–H groups in total. The number of hydrogen-bond acceptors (Lipinski definition) is 4. The Morgan fingerprint density at radius 3 is 2.43 bits per heavy atom. The molecule has 4 rings (SSSR count). The summed E-state index contributed by atoms with van der Waals surface area (Å²) >= 11 is 0. The van der Waals surface area contributed by atoms with Gasteiger partial charge in [-0.2, -0.15) is 10.1 Å². The Balaban J connectivity index is 1.78. The van der Waals surface area contributed by atoms with Gasteiger partial charge in [0, 0.05) is 5.69 Å². The molecule has 0 bridgehead atoms. The SMILES string of the molecule is CC1=NN(c2ccccc2)C(=O)C12NC(=O)c1ccccc1N2. The maximum Gasteiger partial charge on any atom is 0.300 e. The van der Waals surface area contributed by atoms with Gasteiger partial charge in [-0.25, -0.2) is 0 Å². The van der Waals surface area contributed by atoms with E-state index in [2.05, 4.69) is 15.7 Å². The van der Waals surface area contributed by atoms with E-state index in [-0.39, 0.29) is 11.8 Å². The van der Waals surface area contributed by atoms with Crippen LogP contribution in [0.3, 0.4) is 0 Å². The highest BCUT2D eigenvalue weighted by atomic mass is 16.2. The lowest BCUT2D eigenvalue weighted by Gasteiger charge is -2.35. The van der Waals surface area contributed by atoms with Crippen molar-refractivity contribution in [2.24, 2.45) is 5.10 Å². The molecule has 114 valence electrons. The zero-order valence-electron chi connectivity index (χ0n) is 12.4. The molecule has 2 amide bonds. The van der Waals surface area contributed by atoms with Gasteiger partial charge < -0.3 is 10.6 Å². The third-order valence-corrected chi connectivity index (χ3v) is 4.10. The van der Waals surface area contributed by atoms with E-state index in [1.807, 2.05) is 24.3 Å². The molecule has 0 saturated heterocycles. The summed E-state index contributed by atoms with van der Waals surface area (Å²) in [6.45, 7) is 1.72. The Hall–Kier alpha value is -3.15. The summed E-state index contributed by atoms with van der Waals surface area (Å²) in [5.74, 6) is -0.624. The van der Waals surface area contributed by atoms with Crippen LogP contribution in [0.4, 0.5) is 11.4 Å². The number of hydrogen-bond donors (Lipinski definition) is 2. The summed E-state index contributed by atoms with van der Waals surface area (Å²) in [5.41, 5.74) is 0.949. The van der Waals surface area contributed by atoms with E-state index in [9.17, 15) is 9.59 Å². The third kappa shape index (κ3) is 1.85. The second kappa shape index (κ2) is 4.67. The van der Waals surface area contributed by atoms with Crippen LogP contribution in [0.25, 0.3) is 0 Å². The number of amides is 2. The van der Waals surface area contributed by atoms with Crippen LogP contribution in [0.2, 0.25) is 0 Å². The van der Waals surface area contributed by atoms with Crippen molar-refractivity contribution in [3.63, 3.8) is 0 Å². The quantitative estimate of drug-likeness (QED) is 0.846. The van der Waals surface area contributed by atoms with Gasteiger partial charge in [0.05, 0.1) is 17.0 Å². The minimum absolute atomic E-state index is 0.294. The van der Waals surface area contributed by atoms with Gasteiger partial charge in [-0.1, -0.05) is 30.3 Å². The fourth-order valence-corrected chi connectivity index (χ4v) is 2.88. The number of para-hydroxylation sites is 2. The number of anilines is 2. The Labute approximate surface area is 132 Å². The first kappa shape index (κ1) is 13.5. The van der Waals surface area contributed by atoms with Crippen molar-refractivity contribution in [1.29, 1.82) is 0 Å². The van der Waals surface area contributed by atoms with Gasteiger partial charge in [-0.05, 0) is 31.2 Å². The van der Waals surface area contributed by atoms with Gasteiger partial charge in [-0.3, -0.25) is 9.59 Å². The van der Waals surface area contributed by atoms with Gasteiger partial charge in [0.1, 0.15) is 0 Å². The molecule has 0 fully saturated rings. The average Bonchev–Trinajstić information content (AvgIpc) is 2.81. The highest BCUT2D eigenvalue weighted by Crippen LogP contribution is 2.32. The number of carbonyl (C=O) groups is 2. The van der Waals surface area contributed by atoms with E-state index >= 15 is 0 Å². The number of nitrogens with zero attached hydrogens (tertiary/aromatic N) is 2. The summed E-state index contributed by atoms with van der Waals surface area (Å²) in [7, 11) is 0. The molecule has 2 aliphatic rings. The van der Waals surface area contributed by atoms with E-state index in [4.69, 9.17) is 0 Å². The van der Waals surface area contributed by atoms with Crippen LogP contribution in [0.5, 0.6) is 0 Å². The molecule has 2 aromatic carbocycles. The summed E-state index contributed by atoms with van der Waals surface area (Å²) in [6.07, 6.45) is 0. The monoisotopic (exact) mass is 306 g/mol. The van der Waals surface area contributed by atoms with Crippen LogP contribution >= 0.6 is 0 Å². The lowest BCUT2D eigenvalue weighted by atomic mass is 9.98. The molecule has 1 unspecified atom stereocenters. The van der Waals surface area contributed by atoms with Gasteiger partial charge in [0.15, 0.2) is 0 Å². The predicted molar refractivity (Wildman–Crippen MR) is 87.3 cm³/mol. The number of carbonyl (C=O) groups excluding carboxylic acids is 2. The van der Waals surface area contributed by atoms with Crippen LogP contribution in [0, 0.1) is 0 Å². The lowest BCUT2D eigenvalue weighted by molar-refractivity contribution is -0.120. The zero-order chi connectivity index (χ0) is 16.0. The number of fused-ring (bicyclic) bond motifs is 1. The summed E-state index contributed by atoms with van der Waals surface area (Å²) in [5, 5.41) is 11.6. The minimum atomic E-state index is -1.33. The number of hydrazone groups is 1. The third-order valence-electron chi connectivity index (χ3n) is 4.10. The van der Waals surface area contributed by atoms with Crippen molar-refractivity contribution in [2.45, 2.75) is 12.6 Å². The minimum Gasteiger partial charge on any atom is -0.349 e. The van der Waals surface area contributed by atoms with Crippen LogP contribution in [-0.4, -0.2) is 23.2 Å². The smallest absolute Gasteiger partial charge is 0.300 e. The molecule has 23 heavy (non-hydrogen) atoms. The fourth-order valence-electron chi connectivity index (χ4n) is 2.88. The van der Waals surface area contributed by atoms with Crippen LogP contribution in [-0.2, 0) is 4.79 Å². The molecule has 0 saturated carbocycles. The van der Waals surface area contributed by atoms with Crippen molar-refractivity contribution in [1.82, 2.24) is 5.32 Å². The molecule has 2 heterocycles. The van der Waals surface area contributed by atoms with Gasteiger partial charge in [0.25, 0.3) is 11.8 Å². The molecule has 2 aromatic rings. The molecule has 0 aromatic heterocycles. The molecular formula is C17H14N4O2. The Morgan fingerprint density at radius 2 is 1.65 bits per heavy atom. The second-order valence-corrected chi connectivity index (χ2v) is 5.51. The van der Waals surface area contributed by atoms with Crippen molar-refractivity contribution in [3.8, 4) is 0 Å². The van der Waals surface area contributed by atoms with E-state index in [0.29, 0.717) is 22.6 Å². The van der Waals surface area contributed by atoms with Crippen molar-refractivity contribution in [2.75, 3.05) is 10.3 Å². The van der Waals surface area contributed by atoms with Gasteiger partial charge in [-0.15, -0.1) is 0 Å². The molecule has 0 radical (unpaired) electrons. The van der Waals surface area contributed by atoms with Crippen LogP contribution in [0.1, 0.15) is 17.3 Å².